The molecule has 5 saturated heterocycles. The van der Waals surface area contributed by atoms with Crippen molar-refractivity contribution in [3.63, 3.8) is 0 Å². The molecular weight excluding hydrogens is 346 g/mol. The average Bonchev–Trinajstić information content (AvgIpc) is 3.41. The zero-order valence-electron chi connectivity index (χ0n) is 15.6. The third-order valence-corrected chi connectivity index (χ3v) is 8.59. The Hall–Kier alpha value is -1.18. The summed E-state index contributed by atoms with van der Waals surface area (Å²) in [5, 5.41) is 10.2. The van der Waals surface area contributed by atoms with E-state index in [-0.39, 0.29) is 41.4 Å². The molecule has 148 valence electrons. The topological polar surface area (TPSA) is 88.7 Å². The summed E-state index contributed by atoms with van der Waals surface area (Å²) in [6.07, 6.45) is 4.52. The standard InChI is InChI=1S/C20H29N3O4/c24-18(16-10-5-12(16)22-8-10)26-14-7-15(20(14)1-3-21-4-2-20)27-19(25)17-11-6-13(17)23-9-11/h10-17,21-23H,1-9H2. The Morgan fingerprint density at radius 3 is 1.70 bits per heavy atom. The smallest absolute Gasteiger partial charge is 0.311 e. The summed E-state index contributed by atoms with van der Waals surface area (Å²) in [5.74, 6) is 0.943. The molecule has 7 nitrogen and oxygen atoms in total. The molecule has 0 amide bonds. The Labute approximate surface area is 159 Å². The summed E-state index contributed by atoms with van der Waals surface area (Å²) in [5.41, 5.74) is -0.178. The van der Waals surface area contributed by atoms with Crippen LogP contribution in [0, 0.1) is 29.1 Å². The van der Waals surface area contributed by atoms with Gasteiger partial charge in [-0.2, -0.15) is 0 Å². The van der Waals surface area contributed by atoms with Crippen molar-refractivity contribution in [3.8, 4) is 0 Å². The van der Waals surface area contributed by atoms with Crippen LogP contribution >= 0.6 is 0 Å². The van der Waals surface area contributed by atoms with Gasteiger partial charge in [0.2, 0.25) is 0 Å². The molecule has 3 saturated carbocycles. The van der Waals surface area contributed by atoms with E-state index in [0.29, 0.717) is 30.3 Å². The van der Waals surface area contributed by atoms with Gasteiger partial charge in [0.25, 0.3) is 0 Å². The van der Waals surface area contributed by atoms with Gasteiger partial charge < -0.3 is 25.4 Å². The molecular formula is C20H29N3O4. The van der Waals surface area contributed by atoms with Crippen molar-refractivity contribution in [3.05, 3.63) is 0 Å². The molecule has 0 aromatic rings. The summed E-state index contributed by atoms with van der Waals surface area (Å²) in [7, 11) is 0. The van der Waals surface area contributed by atoms with E-state index >= 15 is 0 Å². The third-order valence-electron chi connectivity index (χ3n) is 8.59. The van der Waals surface area contributed by atoms with Crippen LogP contribution in [-0.4, -0.2) is 62.4 Å². The van der Waals surface area contributed by atoms with Crippen molar-refractivity contribution in [2.24, 2.45) is 29.1 Å². The fourth-order valence-corrected chi connectivity index (χ4v) is 6.68. The Morgan fingerprint density at radius 2 is 1.30 bits per heavy atom. The van der Waals surface area contributed by atoms with E-state index in [9.17, 15) is 9.59 Å². The second kappa shape index (κ2) is 5.91. The normalized spacial score (nSPS) is 48.3. The highest BCUT2D eigenvalue weighted by atomic mass is 16.6. The van der Waals surface area contributed by atoms with Gasteiger partial charge in [-0.25, -0.2) is 0 Å². The van der Waals surface area contributed by atoms with Crippen LogP contribution in [0.4, 0.5) is 0 Å². The van der Waals surface area contributed by atoms with Crippen LogP contribution in [0.2, 0.25) is 0 Å². The SMILES string of the molecule is O=C(OC1CC(OC(=O)C2C3CNC2C3)C12CCNCC2)C1C2CNC1C2. The van der Waals surface area contributed by atoms with E-state index in [1.54, 1.807) is 0 Å². The largest absolute Gasteiger partial charge is 0.461 e. The lowest BCUT2D eigenvalue weighted by Crippen LogP contribution is -2.64. The first-order valence-corrected chi connectivity index (χ1v) is 10.7. The molecule has 5 aliphatic heterocycles. The number of hydrogen-bond donors (Lipinski definition) is 3. The number of nitrogens with one attached hydrogen (secondary N) is 3. The lowest BCUT2D eigenvalue weighted by Gasteiger charge is -2.56. The molecule has 8 fully saturated rings. The molecule has 7 heteroatoms. The van der Waals surface area contributed by atoms with Gasteiger partial charge in [-0.15, -0.1) is 0 Å². The number of ether oxygens (including phenoxy) is 2. The Morgan fingerprint density at radius 1 is 0.778 bits per heavy atom. The lowest BCUT2D eigenvalue weighted by molar-refractivity contribution is -0.229. The van der Waals surface area contributed by atoms with Crippen LogP contribution in [-0.2, 0) is 19.1 Å². The highest BCUT2D eigenvalue weighted by molar-refractivity contribution is 5.77. The summed E-state index contributed by atoms with van der Waals surface area (Å²) >= 11 is 0. The molecule has 5 heterocycles. The molecule has 8 unspecified atom stereocenters. The molecule has 27 heavy (non-hydrogen) atoms. The highest BCUT2D eigenvalue weighted by Crippen LogP contribution is 2.53. The number of rotatable bonds is 4. The first-order chi connectivity index (χ1) is 13.2. The Balaban J connectivity index is 1.12. The first-order valence-electron chi connectivity index (χ1n) is 10.7. The summed E-state index contributed by atoms with van der Waals surface area (Å²) in [6.45, 7) is 3.69. The van der Waals surface area contributed by atoms with Crippen molar-refractivity contribution in [1.29, 1.82) is 0 Å². The number of hydrogen-bond acceptors (Lipinski definition) is 7. The van der Waals surface area contributed by atoms with Crippen LogP contribution < -0.4 is 16.0 Å². The zero-order chi connectivity index (χ0) is 18.2. The predicted octanol–water partition coefficient (Wildman–Crippen LogP) is -0.201. The second-order valence-corrected chi connectivity index (χ2v) is 9.64. The number of carbonyl (C=O) groups is 2. The first kappa shape index (κ1) is 16.7. The van der Waals surface area contributed by atoms with E-state index in [4.69, 9.17) is 9.47 Å². The second-order valence-electron chi connectivity index (χ2n) is 9.64. The fourth-order valence-electron chi connectivity index (χ4n) is 6.68. The quantitative estimate of drug-likeness (QED) is 0.587. The molecule has 1 spiro atoms. The minimum Gasteiger partial charge on any atom is -0.461 e. The van der Waals surface area contributed by atoms with Crippen LogP contribution in [0.15, 0.2) is 0 Å². The maximum atomic E-state index is 12.7. The molecule has 0 aromatic carbocycles. The van der Waals surface area contributed by atoms with E-state index in [0.717, 1.165) is 51.9 Å². The van der Waals surface area contributed by atoms with Gasteiger partial charge in [-0.05, 0) is 63.7 Å². The van der Waals surface area contributed by atoms with E-state index in [2.05, 4.69) is 16.0 Å². The molecule has 4 bridgehead atoms. The van der Waals surface area contributed by atoms with Crippen molar-refractivity contribution < 1.29 is 19.1 Å². The van der Waals surface area contributed by atoms with Crippen LogP contribution in [0.25, 0.3) is 0 Å². The maximum Gasteiger partial charge on any atom is 0.311 e. The monoisotopic (exact) mass is 375 g/mol. The van der Waals surface area contributed by atoms with Gasteiger partial charge in [-0.1, -0.05) is 0 Å². The predicted molar refractivity (Wildman–Crippen MR) is 95.7 cm³/mol. The minimum atomic E-state index is -0.178. The lowest BCUT2D eigenvalue weighted by atomic mass is 9.58. The number of esters is 2. The van der Waals surface area contributed by atoms with Gasteiger partial charge in [0.05, 0.1) is 11.8 Å². The summed E-state index contributed by atoms with van der Waals surface area (Å²) in [4.78, 5) is 25.4. The molecule has 8 aliphatic rings. The Bertz CT molecular complexity index is 588. The van der Waals surface area contributed by atoms with E-state index in [1.807, 2.05) is 0 Å². The van der Waals surface area contributed by atoms with Crippen molar-refractivity contribution >= 4 is 11.9 Å². The maximum absolute atomic E-state index is 12.7. The summed E-state index contributed by atoms with van der Waals surface area (Å²) < 4.78 is 12.0. The minimum absolute atomic E-state index is 0.0322. The molecule has 0 aromatic heterocycles. The van der Waals surface area contributed by atoms with Gasteiger partial charge >= 0.3 is 11.9 Å². The van der Waals surface area contributed by atoms with Gasteiger partial charge in [0, 0.05) is 23.9 Å². The Kier molecular flexibility index (Phi) is 3.66. The highest BCUT2D eigenvalue weighted by Gasteiger charge is 2.62. The molecule has 3 aliphatic carbocycles. The van der Waals surface area contributed by atoms with Crippen molar-refractivity contribution in [2.75, 3.05) is 26.2 Å². The third kappa shape index (κ3) is 2.31. The van der Waals surface area contributed by atoms with Crippen molar-refractivity contribution in [1.82, 2.24) is 16.0 Å². The number of fused-ring (bicyclic) bond motifs is 2. The van der Waals surface area contributed by atoms with E-state index in [1.165, 1.54) is 0 Å². The van der Waals surface area contributed by atoms with Crippen molar-refractivity contribution in [2.45, 2.75) is 56.4 Å². The molecule has 0 radical (unpaired) electrons. The van der Waals surface area contributed by atoms with Gasteiger partial charge in [0.15, 0.2) is 0 Å². The fraction of sp³-hybridized carbons (Fsp3) is 0.900. The summed E-state index contributed by atoms with van der Waals surface area (Å²) in [6, 6.07) is 0.642. The molecule has 8 rings (SSSR count). The number of piperidine rings is 1. The van der Waals surface area contributed by atoms with Crippen LogP contribution in [0.1, 0.15) is 32.1 Å². The average molecular weight is 375 g/mol. The van der Waals surface area contributed by atoms with E-state index < -0.39 is 0 Å². The molecule has 8 atom stereocenters. The van der Waals surface area contributed by atoms with Gasteiger partial charge in [-0.3, -0.25) is 9.59 Å². The number of carbonyl (C=O) groups excluding carboxylic acids is 2. The van der Waals surface area contributed by atoms with Crippen LogP contribution in [0.3, 0.4) is 0 Å². The zero-order valence-corrected chi connectivity index (χ0v) is 15.6. The van der Waals surface area contributed by atoms with Gasteiger partial charge in [0.1, 0.15) is 12.2 Å². The molecule has 3 N–H and O–H groups in total. The van der Waals surface area contributed by atoms with Crippen LogP contribution in [0.5, 0.6) is 0 Å².